The summed E-state index contributed by atoms with van der Waals surface area (Å²) in [5.41, 5.74) is -0.189. The number of ether oxygens (including phenoxy) is 1. The summed E-state index contributed by atoms with van der Waals surface area (Å²) in [6, 6.07) is 5.02. The summed E-state index contributed by atoms with van der Waals surface area (Å²) in [6.07, 6.45) is 0.445. The summed E-state index contributed by atoms with van der Waals surface area (Å²) in [5.74, 6) is 0.165. The first-order chi connectivity index (χ1) is 8.53. The lowest BCUT2D eigenvalue weighted by Gasteiger charge is -2.26. The van der Waals surface area contributed by atoms with Crippen molar-refractivity contribution in [3.63, 3.8) is 0 Å². The average molecular weight is 272 g/mol. The van der Waals surface area contributed by atoms with E-state index in [4.69, 9.17) is 16.3 Å². The fourth-order valence-corrected chi connectivity index (χ4v) is 2.37. The van der Waals surface area contributed by atoms with Crippen LogP contribution in [0, 0.1) is 0 Å². The van der Waals surface area contributed by atoms with E-state index in [2.05, 4.69) is 5.32 Å². The van der Waals surface area contributed by atoms with E-state index in [1.54, 1.807) is 18.2 Å². The molecule has 4 nitrogen and oxygen atoms in total. The predicted molar refractivity (Wildman–Crippen MR) is 69.8 cm³/mol. The van der Waals surface area contributed by atoms with Crippen LogP contribution in [0.15, 0.2) is 18.2 Å². The summed E-state index contributed by atoms with van der Waals surface area (Å²) in [4.78, 5) is 0. The molecule has 2 unspecified atom stereocenters. The number of hydrogen-bond acceptors (Lipinski definition) is 4. The molecular formula is C13H18ClNO3. The molecule has 18 heavy (non-hydrogen) atoms. The van der Waals surface area contributed by atoms with Crippen LogP contribution < -0.4 is 5.32 Å². The van der Waals surface area contributed by atoms with Crippen LogP contribution in [0.1, 0.15) is 18.9 Å². The number of nitrogens with one attached hydrogen (secondary N) is 1. The fourth-order valence-electron chi connectivity index (χ4n) is 2.13. The van der Waals surface area contributed by atoms with Gasteiger partial charge in [0, 0.05) is 36.7 Å². The highest BCUT2D eigenvalue weighted by atomic mass is 35.5. The molecule has 1 fully saturated rings. The van der Waals surface area contributed by atoms with E-state index in [-0.39, 0.29) is 11.9 Å². The number of aromatic hydroxyl groups is 1. The molecule has 1 saturated heterocycles. The SMILES string of the molecule is CC1OCCC1(O)CNCc1c(O)cccc1Cl. The Kier molecular flexibility index (Phi) is 4.12. The van der Waals surface area contributed by atoms with Crippen molar-refractivity contribution in [1.82, 2.24) is 5.32 Å². The molecule has 0 amide bonds. The number of benzene rings is 1. The van der Waals surface area contributed by atoms with Gasteiger partial charge in [-0.15, -0.1) is 0 Å². The van der Waals surface area contributed by atoms with Crippen molar-refractivity contribution >= 4 is 11.6 Å². The minimum Gasteiger partial charge on any atom is -0.508 e. The summed E-state index contributed by atoms with van der Waals surface area (Å²) in [7, 11) is 0. The van der Waals surface area contributed by atoms with Crippen molar-refractivity contribution < 1.29 is 14.9 Å². The van der Waals surface area contributed by atoms with E-state index in [0.29, 0.717) is 36.7 Å². The zero-order valence-electron chi connectivity index (χ0n) is 10.3. The summed E-state index contributed by atoms with van der Waals surface area (Å²) >= 11 is 6.00. The maximum atomic E-state index is 10.3. The largest absolute Gasteiger partial charge is 0.508 e. The topological polar surface area (TPSA) is 61.7 Å². The van der Waals surface area contributed by atoms with E-state index >= 15 is 0 Å². The van der Waals surface area contributed by atoms with Crippen molar-refractivity contribution in [2.75, 3.05) is 13.2 Å². The molecule has 1 aliphatic rings. The molecule has 2 atom stereocenters. The minimum atomic E-state index is -0.836. The molecule has 0 saturated carbocycles. The second kappa shape index (κ2) is 5.45. The Morgan fingerprint density at radius 2 is 2.33 bits per heavy atom. The van der Waals surface area contributed by atoms with Gasteiger partial charge in [-0.2, -0.15) is 0 Å². The Hall–Kier alpha value is -0.810. The number of halogens is 1. The standard InChI is InChI=1S/C13H18ClNO3/c1-9-13(17,5-6-18-9)8-15-7-10-11(14)3-2-4-12(10)16/h2-4,9,15-17H,5-8H2,1H3. The third-order valence-electron chi connectivity index (χ3n) is 3.49. The smallest absolute Gasteiger partial charge is 0.121 e. The van der Waals surface area contributed by atoms with Gasteiger partial charge in [-0.3, -0.25) is 0 Å². The van der Waals surface area contributed by atoms with Crippen molar-refractivity contribution in [1.29, 1.82) is 0 Å². The number of aliphatic hydroxyl groups is 1. The molecular weight excluding hydrogens is 254 g/mol. The molecule has 100 valence electrons. The number of phenolic OH excluding ortho intramolecular Hbond substituents is 1. The predicted octanol–water partition coefficient (Wildman–Crippen LogP) is 1.68. The highest BCUT2D eigenvalue weighted by Crippen LogP contribution is 2.27. The molecule has 3 N–H and O–H groups in total. The van der Waals surface area contributed by atoms with Crippen LogP contribution in [0.3, 0.4) is 0 Å². The van der Waals surface area contributed by atoms with Crippen LogP contribution in [0.2, 0.25) is 5.02 Å². The van der Waals surface area contributed by atoms with Crippen molar-refractivity contribution in [3.05, 3.63) is 28.8 Å². The molecule has 0 spiro atoms. The number of rotatable bonds is 4. The number of phenols is 1. The van der Waals surface area contributed by atoms with Gasteiger partial charge >= 0.3 is 0 Å². The molecule has 0 aliphatic carbocycles. The molecule has 0 aromatic heterocycles. The molecule has 1 aliphatic heterocycles. The zero-order valence-corrected chi connectivity index (χ0v) is 11.1. The Labute approximate surface area is 112 Å². The van der Waals surface area contributed by atoms with Gasteiger partial charge < -0.3 is 20.3 Å². The van der Waals surface area contributed by atoms with Gasteiger partial charge in [-0.1, -0.05) is 17.7 Å². The minimum absolute atomic E-state index is 0.165. The molecule has 1 aromatic rings. The van der Waals surface area contributed by atoms with Crippen LogP contribution >= 0.6 is 11.6 Å². The van der Waals surface area contributed by atoms with Crippen molar-refractivity contribution in [2.24, 2.45) is 0 Å². The fraction of sp³-hybridized carbons (Fsp3) is 0.538. The Morgan fingerprint density at radius 1 is 1.56 bits per heavy atom. The molecule has 5 heteroatoms. The Bertz CT molecular complexity index is 406. The van der Waals surface area contributed by atoms with Crippen LogP contribution in [-0.2, 0) is 11.3 Å². The van der Waals surface area contributed by atoms with Crippen molar-refractivity contribution in [2.45, 2.75) is 31.6 Å². The average Bonchev–Trinajstić information content (AvgIpc) is 2.64. The second-order valence-corrected chi connectivity index (χ2v) is 5.11. The zero-order chi connectivity index (χ0) is 13.2. The normalized spacial score (nSPS) is 27.6. The molecule has 0 radical (unpaired) electrons. The van der Waals surface area contributed by atoms with E-state index < -0.39 is 5.60 Å². The highest BCUT2D eigenvalue weighted by molar-refractivity contribution is 6.31. The number of hydrogen-bond donors (Lipinski definition) is 3. The lowest BCUT2D eigenvalue weighted by molar-refractivity contribution is -0.0263. The van der Waals surface area contributed by atoms with Gasteiger partial charge in [0.25, 0.3) is 0 Å². The van der Waals surface area contributed by atoms with E-state index in [1.165, 1.54) is 0 Å². The quantitative estimate of drug-likeness (QED) is 0.780. The molecule has 1 heterocycles. The van der Waals surface area contributed by atoms with Gasteiger partial charge in [0.2, 0.25) is 0 Å². The maximum absolute atomic E-state index is 10.3. The summed E-state index contributed by atoms with van der Waals surface area (Å²) in [6.45, 7) is 3.28. The third kappa shape index (κ3) is 2.78. The lowest BCUT2D eigenvalue weighted by Crippen LogP contribution is -2.45. The van der Waals surface area contributed by atoms with Gasteiger partial charge in [-0.05, 0) is 19.1 Å². The molecule has 0 bridgehead atoms. The molecule has 1 aromatic carbocycles. The second-order valence-electron chi connectivity index (χ2n) is 4.71. The third-order valence-corrected chi connectivity index (χ3v) is 3.84. The van der Waals surface area contributed by atoms with Crippen LogP contribution in [0.5, 0.6) is 5.75 Å². The van der Waals surface area contributed by atoms with E-state index in [9.17, 15) is 10.2 Å². The monoisotopic (exact) mass is 271 g/mol. The van der Waals surface area contributed by atoms with Gasteiger partial charge in [0.05, 0.1) is 6.10 Å². The van der Waals surface area contributed by atoms with Crippen LogP contribution in [-0.4, -0.2) is 35.1 Å². The van der Waals surface area contributed by atoms with Gasteiger partial charge in [0.1, 0.15) is 11.4 Å². The summed E-state index contributed by atoms with van der Waals surface area (Å²) < 4.78 is 5.35. The highest BCUT2D eigenvalue weighted by Gasteiger charge is 2.38. The first-order valence-corrected chi connectivity index (χ1v) is 6.42. The lowest BCUT2D eigenvalue weighted by atomic mass is 9.96. The molecule has 2 rings (SSSR count). The first-order valence-electron chi connectivity index (χ1n) is 6.04. The maximum Gasteiger partial charge on any atom is 0.121 e. The Morgan fingerprint density at radius 3 is 2.94 bits per heavy atom. The van der Waals surface area contributed by atoms with Crippen molar-refractivity contribution in [3.8, 4) is 5.75 Å². The van der Waals surface area contributed by atoms with Gasteiger partial charge in [0.15, 0.2) is 0 Å². The van der Waals surface area contributed by atoms with E-state index in [1.807, 2.05) is 6.92 Å². The van der Waals surface area contributed by atoms with E-state index in [0.717, 1.165) is 0 Å². The van der Waals surface area contributed by atoms with Crippen LogP contribution in [0.4, 0.5) is 0 Å². The summed E-state index contributed by atoms with van der Waals surface area (Å²) in [5, 5.41) is 23.6. The van der Waals surface area contributed by atoms with Gasteiger partial charge in [-0.25, -0.2) is 0 Å². The Balaban J connectivity index is 1.93. The first kappa shape index (κ1) is 13.6. The van der Waals surface area contributed by atoms with Crippen LogP contribution in [0.25, 0.3) is 0 Å².